The summed E-state index contributed by atoms with van der Waals surface area (Å²) in [7, 11) is 1.58. The van der Waals surface area contributed by atoms with Crippen molar-refractivity contribution in [3.63, 3.8) is 0 Å². The average molecular weight is 497 g/mol. The number of amides is 4. The van der Waals surface area contributed by atoms with Crippen molar-refractivity contribution in [2.45, 2.75) is 0 Å². The van der Waals surface area contributed by atoms with Crippen LogP contribution in [0.3, 0.4) is 0 Å². The summed E-state index contributed by atoms with van der Waals surface area (Å²) in [6, 6.07) is 10.9. The molecule has 0 unspecified atom stereocenters. The Morgan fingerprint density at radius 3 is 2.63 bits per heavy atom. The van der Waals surface area contributed by atoms with Gasteiger partial charge < -0.3 is 24.6 Å². The van der Waals surface area contributed by atoms with E-state index in [1.54, 1.807) is 24.2 Å². The van der Waals surface area contributed by atoms with E-state index in [1.165, 1.54) is 0 Å². The molecule has 2 aromatic rings. The molecular weight excluding hydrogens is 472 g/mol. The molecule has 35 heavy (non-hydrogen) atoms. The first kappa shape index (κ1) is 23.1. The molecule has 1 aromatic heterocycles. The van der Waals surface area contributed by atoms with Crippen LogP contribution in [0.4, 0.5) is 21.2 Å². The van der Waals surface area contributed by atoms with Crippen LogP contribution in [0.25, 0.3) is 6.08 Å². The summed E-state index contributed by atoms with van der Waals surface area (Å²) in [5.74, 6) is 0.375. The van der Waals surface area contributed by atoms with Crippen molar-refractivity contribution < 1.29 is 23.9 Å². The van der Waals surface area contributed by atoms with E-state index in [1.807, 2.05) is 35.2 Å². The molecule has 5 rings (SSSR count). The van der Waals surface area contributed by atoms with Crippen LogP contribution >= 0.6 is 11.8 Å². The lowest BCUT2D eigenvalue weighted by molar-refractivity contribution is -0.115. The fraction of sp³-hybridized carbons (Fsp3) is 0.348. The van der Waals surface area contributed by atoms with Crippen molar-refractivity contribution in [1.82, 2.24) is 20.2 Å². The van der Waals surface area contributed by atoms with E-state index < -0.39 is 11.1 Å². The third-order valence-electron chi connectivity index (χ3n) is 5.87. The van der Waals surface area contributed by atoms with Gasteiger partial charge in [-0.2, -0.15) is 4.98 Å². The van der Waals surface area contributed by atoms with Crippen molar-refractivity contribution in [3.05, 3.63) is 47.0 Å². The van der Waals surface area contributed by atoms with Crippen LogP contribution in [0.1, 0.15) is 5.69 Å². The number of urea groups is 1. The van der Waals surface area contributed by atoms with Gasteiger partial charge in [0.1, 0.15) is 6.61 Å². The van der Waals surface area contributed by atoms with E-state index in [4.69, 9.17) is 9.47 Å². The van der Waals surface area contributed by atoms with Gasteiger partial charge in [0.2, 0.25) is 11.8 Å². The molecular formula is C23H24N6O5S. The number of ether oxygens (including phenoxy) is 2. The van der Waals surface area contributed by atoms with Crippen LogP contribution in [0.5, 0.6) is 5.88 Å². The quantitative estimate of drug-likeness (QED) is 0.438. The number of methoxy groups -OCH3 is 1. The summed E-state index contributed by atoms with van der Waals surface area (Å²) in [6.07, 6.45) is 1.55. The molecule has 1 spiro atoms. The Morgan fingerprint density at radius 2 is 1.94 bits per heavy atom. The zero-order valence-corrected chi connectivity index (χ0v) is 19.8. The Kier molecular flexibility index (Phi) is 6.31. The number of imide groups is 1. The lowest BCUT2D eigenvalue weighted by Crippen LogP contribution is -2.73. The maximum atomic E-state index is 12.5. The number of carbonyl (C=O) groups excluding carboxylic acids is 3. The number of carbonyl (C=O) groups is 3. The van der Waals surface area contributed by atoms with Crippen molar-refractivity contribution in [2.75, 3.05) is 56.7 Å². The second-order valence-electron chi connectivity index (χ2n) is 8.63. The molecule has 0 radical (unpaired) electrons. The van der Waals surface area contributed by atoms with E-state index in [9.17, 15) is 14.4 Å². The van der Waals surface area contributed by atoms with Crippen LogP contribution in [0, 0.1) is 5.41 Å². The number of likely N-dealkylation sites (tertiary alicyclic amines) is 1. The maximum Gasteiger partial charge on any atom is 0.321 e. The molecule has 0 aliphatic carbocycles. The molecule has 3 saturated heterocycles. The molecule has 1 aromatic carbocycles. The minimum absolute atomic E-state index is 0.0105. The Morgan fingerprint density at radius 1 is 1.17 bits per heavy atom. The van der Waals surface area contributed by atoms with E-state index in [0.717, 1.165) is 17.4 Å². The van der Waals surface area contributed by atoms with Gasteiger partial charge in [0.15, 0.2) is 0 Å². The Labute approximate surface area is 205 Å². The Hall–Kier alpha value is -3.64. The van der Waals surface area contributed by atoms with Gasteiger partial charge in [-0.3, -0.25) is 14.9 Å². The van der Waals surface area contributed by atoms with Crippen LogP contribution in [0.2, 0.25) is 0 Å². The van der Waals surface area contributed by atoms with Crippen molar-refractivity contribution in [3.8, 4) is 5.88 Å². The average Bonchev–Trinajstić information content (AvgIpc) is 3.09. The number of anilines is 2. The molecule has 3 fully saturated rings. The summed E-state index contributed by atoms with van der Waals surface area (Å²) < 4.78 is 10.7. The molecule has 182 valence electrons. The smallest absolute Gasteiger partial charge is 0.321 e. The number of rotatable bonds is 7. The highest BCUT2D eigenvalue weighted by Gasteiger charge is 2.54. The van der Waals surface area contributed by atoms with E-state index in [0.29, 0.717) is 56.9 Å². The highest BCUT2D eigenvalue weighted by Crippen LogP contribution is 2.41. The van der Waals surface area contributed by atoms with Crippen LogP contribution in [-0.4, -0.2) is 78.5 Å². The summed E-state index contributed by atoms with van der Waals surface area (Å²) >= 11 is 0.829. The fourth-order valence-electron chi connectivity index (χ4n) is 4.24. The van der Waals surface area contributed by atoms with Crippen molar-refractivity contribution >= 4 is 46.7 Å². The fourth-order valence-corrected chi connectivity index (χ4v) is 4.91. The van der Waals surface area contributed by atoms with Gasteiger partial charge in [0.05, 0.1) is 17.2 Å². The third kappa shape index (κ3) is 5.08. The molecule has 3 aliphatic heterocycles. The van der Waals surface area contributed by atoms with Crippen LogP contribution in [-0.2, 0) is 9.53 Å². The first-order valence-corrected chi connectivity index (χ1v) is 11.9. The van der Waals surface area contributed by atoms with Crippen molar-refractivity contribution in [1.29, 1.82) is 0 Å². The van der Waals surface area contributed by atoms with E-state index in [-0.39, 0.29) is 16.4 Å². The minimum atomic E-state index is -0.451. The lowest BCUT2D eigenvalue weighted by Gasteiger charge is -2.59. The van der Waals surface area contributed by atoms with Gasteiger partial charge in [-0.1, -0.05) is 18.2 Å². The molecule has 12 heteroatoms. The first-order valence-electron chi connectivity index (χ1n) is 11.0. The second kappa shape index (κ2) is 9.55. The zero-order valence-electron chi connectivity index (χ0n) is 19.0. The number of nitrogens with zero attached hydrogens (tertiary/aromatic N) is 4. The van der Waals surface area contributed by atoms with Gasteiger partial charge in [-0.15, -0.1) is 0 Å². The predicted molar refractivity (Wildman–Crippen MR) is 130 cm³/mol. The molecule has 0 atom stereocenters. The normalized spacial score (nSPS) is 19.4. The van der Waals surface area contributed by atoms with Gasteiger partial charge >= 0.3 is 6.03 Å². The zero-order chi connectivity index (χ0) is 24.4. The number of hydrogen-bond donors (Lipinski definition) is 2. The molecule has 11 nitrogen and oxygen atoms in total. The van der Waals surface area contributed by atoms with Gasteiger partial charge in [-0.25, -0.2) is 9.78 Å². The molecule has 4 heterocycles. The van der Waals surface area contributed by atoms with Gasteiger partial charge in [-0.05, 0) is 30.0 Å². The number of hydrogen-bond acceptors (Lipinski definition) is 9. The number of benzene rings is 1. The van der Waals surface area contributed by atoms with Gasteiger partial charge in [0, 0.05) is 50.5 Å². The summed E-state index contributed by atoms with van der Waals surface area (Å²) in [5.41, 5.74) is 1.24. The molecule has 0 bridgehead atoms. The number of nitrogens with one attached hydrogen (secondary N) is 2. The monoisotopic (exact) mass is 496 g/mol. The lowest BCUT2D eigenvalue weighted by atomic mass is 9.73. The molecule has 0 saturated carbocycles. The topological polar surface area (TPSA) is 126 Å². The van der Waals surface area contributed by atoms with Gasteiger partial charge in [0.25, 0.3) is 11.1 Å². The van der Waals surface area contributed by atoms with Crippen LogP contribution in [0.15, 0.2) is 41.3 Å². The number of aromatic nitrogens is 2. The number of para-hydroxylation sites is 1. The highest BCUT2D eigenvalue weighted by atomic mass is 32.2. The first-order chi connectivity index (χ1) is 16.9. The predicted octanol–water partition coefficient (Wildman–Crippen LogP) is 2.18. The van der Waals surface area contributed by atoms with Crippen LogP contribution < -0.4 is 20.3 Å². The Bertz CT molecular complexity index is 1180. The standard InChI is InChI=1S/C23H24N6O5S/c1-33-7-8-34-18-10-16(9-17-19(30)27-22(32)35-17)24-20(26-18)28-11-23(12-28)13-29(14-23)21(31)25-15-5-3-2-4-6-15/h2-6,9-10H,7-8,11-14H2,1H3,(H,25,31)(H,27,30,32)/b17-9-. The molecule has 2 N–H and O–H groups in total. The van der Waals surface area contributed by atoms with E-state index in [2.05, 4.69) is 20.6 Å². The summed E-state index contributed by atoms with van der Waals surface area (Å²) in [5, 5.41) is 4.73. The van der Waals surface area contributed by atoms with Crippen molar-refractivity contribution in [2.24, 2.45) is 5.41 Å². The minimum Gasteiger partial charge on any atom is -0.475 e. The second-order valence-corrected chi connectivity index (χ2v) is 9.65. The van der Waals surface area contributed by atoms with E-state index >= 15 is 0 Å². The third-order valence-corrected chi connectivity index (χ3v) is 6.68. The summed E-state index contributed by atoms with van der Waals surface area (Å²) in [4.78, 5) is 49.1. The Balaban J connectivity index is 1.24. The highest BCUT2D eigenvalue weighted by molar-refractivity contribution is 8.18. The molecule has 3 aliphatic rings. The largest absolute Gasteiger partial charge is 0.475 e. The summed E-state index contributed by atoms with van der Waals surface area (Å²) in [6.45, 7) is 3.42. The number of thioether (sulfide) groups is 1. The SMILES string of the molecule is COCCOc1cc(/C=C2\SC(=O)NC2=O)nc(N2CC3(CN(C(=O)Nc4ccccc4)C3)C2)n1. The maximum absolute atomic E-state index is 12.5. The molecule has 4 amide bonds.